The molecule has 7 heteroatoms. The summed E-state index contributed by atoms with van der Waals surface area (Å²) >= 11 is 11.7. The molecule has 0 unspecified atom stereocenters. The van der Waals surface area contributed by atoms with Gasteiger partial charge in [0.05, 0.1) is 15.6 Å². The number of anilines is 1. The maximum atomic E-state index is 12.3. The summed E-state index contributed by atoms with van der Waals surface area (Å²) in [5.41, 5.74) is 1.71. The normalized spacial score (nSPS) is 10.6. The number of hydrogen-bond acceptors (Lipinski definition) is 2. The van der Waals surface area contributed by atoms with Crippen molar-refractivity contribution in [2.75, 3.05) is 5.32 Å². The van der Waals surface area contributed by atoms with Crippen molar-refractivity contribution in [3.05, 3.63) is 64.3 Å². The van der Waals surface area contributed by atoms with Crippen LogP contribution >= 0.6 is 23.2 Å². The molecule has 5 nitrogen and oxygen atoms in total. The number of urea groups is 1. The lowest BCUT2D eigenvalue weighted by Gasteiger charge is -2.07. The monoisotopic (exact) mass is 360 g/mol. The summed E-state index contributed by atoms with van der Waals surface area (Å²) in [5, 5.41) is 6.24. The zero-order valence-corrected chi connectivity index (χ0v) is 14.1. The predicted molar refractivity (Wildman–Crippen MR) is 94.7 cm³/mol. The van der Waals surface area contributed by atoms with Crippen LogP contribution in [0.2, 0.25) is 10.0 Å². The third-order valence-corrected chi connectivity index (χ3v) is 4.22. The van der Waals surface area contributed by atoms with E-state index in [1.54, 1.807) is 30.5 Å². The van der Waals surface area contributed by atoms with E-state index in [-0.39, 0.29) is 0 Å². The van der Waals surface area contributed by atoms with Crippen molar-refractivity contribution in [1.29, 1.82) is 0 Å². The van der Waals surface area contributed by atoms with Crippen molar-refractivity contribution in [1.82, 2.24) is 9.88 Å². The van der Waals surface area contributed by atoms with Gasteiger partial charge in [0.2, 0.25) is 0 Å². The number of nitrogens with one attached hydrogen (secondary N) is 2. The van der Waals surface area contributed by atoms with Gasteiger partial charge >= 0.3 is 6.03 Å². The minimum Gasteiger partial charge on any atom is -0.350 e. The number of aryl methyl sites for hydroxylation is 1. The Labute approximate surface area is 148 Å². The molecule has 0 fully saturated rings. The molecule has 2 aromatic carbocycles. The fraction of sp³-hybridized carbons (Fsp3) is 0.0588. The molecule has 2 N–H and O–H groups in total. The van der Waals surface area contributed by atoms with Crippen molar-refractivity contribution in [2.24, 2.45) is 7.05 Å². The first-order valence-corrected chi connectivity index (χ1v) is 7.74. The van der Waals surface area contributed by atoms with Crippen LogP contribution in [0.1, 0.15) is 10.4 Å². The van der Waals surface area contributed by atoms with E-state index < -0.39 is 11.9 Å². The second-order valence-electron chi connectivity index (χ2n) is 5.13. The van der Waals surface area contributed by atoms with E-state index in [4.69, 9.17) is 23.2 Å². The smallest absolute Gasteiger partial charge is 0.326 e. The third-order valence-electron chi connectivity index (χ3n) is 3.48. The van der Waals surface area contributed by atoms with Crippen LogP contribution in [-0.2, 0) is 7.05 Å². The molecule has 0 aliphatic carbocycles. The van der Waals surface area contributed by atoms with E-state index in [1.165, 1.54) is 6.07 Å². The number of carbonyl (C=O) groups excluding carboxylic acids is 2. The molecule has 0 saturated heterocycles. The highest BCUT2D eigenvalue weighted by atomic mass is 35.5. The number of carbonyl (C=O) groups is 2. The summed E-state index contributed by atoms with van der Waals surface area (Å²) in [4.78, 5) is 24.3. The van der Waals surface area contributed by atoms with Gasteiger partial charge < -0.3 is 9.88 Å². The first kappa shape index (κ1) is 16.4. The van der Waals surface area contributed by atoms with Gasteiger partial charge in [-0.2, -0.15) is 0 Å². The summed E-state index contributed by atoms with van der Waals surface area (Å²) in [6.45, 7) is 0. The highest BCUT2D eigenvalue weighted by Gasteiger charge is 2.16. The molecule has 0 saturated carbocycles. The van der Waals surface area contributed by atoms with Gasteiger partial charge in [0, 0.05) is 29.8 Å². The molecule has 24 heavy (non-hydrogen) atoms. The van der Waals surface area contributed by atoms with Crippen LogP contribution < -0.4 is 10.6 Å². The van der Waals surface area contributed by atoms with E-state index in [0.717, 1.165) is 10.9 Å². The Balaban J connectivity index is 1.76. The van der Waals surface area contributed by atoms with Crippen LogP contribution in [0.3, 0.4) is 0 Å². The molecule has 0 bridgehead atoms. The summed E-state index contributed by atoms with van der Waals surface area (Å²) in [6.07, 6.45) is 1.67. The van der Waals surface area contributed by atoms with Gasteiger partial charge in [0.15, 0.2) is 0 Å². The largest absolute Gasteiger partial charge is 0.350 e. The quantitative estimate of drug-likeness (QED) is 0.717. The van der Waals surface area contributed by atoms with Crippen LogP contribution in [0, 0.1) is 6.07 Å². The number of aromatic nitrogens is 1. The maximum absolute atomic E-state index is 12.3. The van der Waals surface area contributed by atoms with Gasteiger partial charge in [-0.15, -0.1) is 0 Å². The standard InChI is InChI=1S/C17H12Cl2N3O2/c1-22-9-12(11-4-2-3-5-15(11)22)16(23)21-17(24)20-10-6-7-13(18)14(19)8-10/h3-9H,1H3,(H2,20,21,23,24). The highest BCUT2D eigenvalue weighted by molar-refractivity contribution is 6.42. The average molecular weight is 361 g/mol. The Hall–Kier alpha value is -2.50. The van der Waals surface area contributed by atoms with E-state index in [1.807, 2.05) is 17.7 Å². The molecule has 3 aromatic rings. The fourth-order valence-electron chi connectivity index (χ4n) is 2.37. The Morgan fingerprint density at radius 2 is 1.96 bits per heavy atom. The first-order valence-electron chi connectivity index (χ1n) is 6.98. The van der Waals surface area contributed by atoms with Crippen molar-refractivity contribution in [3.63, 3.8) is 0 Å². The van der Waals surface area contributed by atoms with Crippen LogP contribution in [-0.4, -0.2) is 16.5 Å². The third kappa shape index (κ3) is 3.22. The molecule has 3 amide bonds. The van der Waals surface area contributed by atoms with Crippen molar-refractivity contribution >= 4 is 51.7 Å². The van der Waals surface area contributed by atoms with E-state index in [2.05, 4.69) is 16.7 Å². The van der Waals surface area contributed by atoms with Gasteiger partial charge in [-0.25, -0.2) is 4.79 Å². The van der Waals surface area contributed by atoms with Crippen molar-refractivity contribution in [2.45, 2.75) is 0 Å². The Morgan fingerprint density at radius 1 is 1.17 bits per heavy atom. The molecule has 0 aliphatic rings. The van der Waals surface area contributed by atoms with Crippen LogP contribution in [0.5, 0.6) is 0 Å². The highest BCUT2D eigenvalue weighted by Crippen LogP contribution is 2.25. The second kappa shape index (κ2) is 6.55. The zero-order valence-electron chi connectivity index (χ0n) is 12.6. The number of fused-ring (bicyclic) bond motifs is 1. The van der Waals surface area contributed by atoms with Gasteiger partial charge in [0.1, 0.15) is 0 Å². The Bertz CT molecular complexity index is 950. The lowest BCUT2D eigenvalue weighted by Crippen LogP contribution is -2.34. The fourth-order valence-corrected chi connectivity index (χ4v) is 2.66. The lowest BCUT2D eigenvalue weighted by atomic mass is 10.1. The number of imide groups is 1. The Morgan fingerprint density at radius 3 is 2.71 bits per heavy atom. The van der Waals surface area contributed by atoms with Crippen LogP contribution in [0.15, 0.2) is 42.6 Å². The SMILES string of the molecule is Cn1cc(C(=O)NC(=O)Nc2ccc(Cl)c(Cl)c2)c2c[c]ccc21. The number of hydrogen-bond donors (Lipinski definition) is 2. The topological polar surface area (TPSA) is 63.1 Å². The lowest BCUT2D eigenvalue weighted by molar-refractivity contribution is 0.0968. The minimum atomic E-state index is -0.657. The molecule has 1 aromatic heterocycles. The molecular formula is C17H12Cl2N3O2. The molecule has 0 spiro atoms. The molecule has 0 atom stereocenters. The molecule has 3 rings (SSSR count). The predicted octanol–water partition coefficient (Wildman–Crippen LogP) is 4.25. The molecule has 121 valence electrons. The molecule has 0 aliphatic heterocycles. The second-order valence-corrected chi connectivity index (χ2v) is 5.95. The zero-order chi connectivity index (χ0) is 17.3. The maximum Gasteiger partial charge on any atom is 0.326 e. The number of nitrogens with zero attached hydrogens (tertiary/aromatic N) is 1. The molecule has 1 heterocycles. The van der Waals surface area contributed by atoms with Gasteiger partial charge in [-0.3, -0.25) is 10.1 Å². The van der Waals surface area contributed by atoms with Gasteiger partial charge in [-0.1, -0.05) is 29.3 Å². The van der Waals surface area contributed by atoms with Gasteiger partial charge in [-0.05, 0) is 36.4 Å². The summed E-state index contributed by atoms with van der Waals surface area (Å²) in [5.74, 6) is -0.502. The van der Waals surface area contributed by atoms with E-state index in [0.29, 0.717) is 21.3 Å². The minimum absolute atomic E-state index is 0.311. The molecular weight excluding hydrogens is 349 g/mol. The van der Waals surface area contributed by atoms with Gasteiger partial charge in [0.25, 0.3) is 5.91 Å². The van der Waals surface area contributed by atoms with Crippen molar-refractivity contribution in [3.8, 4) is 0 Å². The Kier molecular flexibility index (Phi) is 4.46. The number of amides is 3. The average Bonchev–Trinajstić information content (AvgIpc) is 2.88. The van der Waals surface area contributed by atoms with Crippen molar-refractivity contribution < 1.29 is 9.59 Å². The van der Waals surface area contributed by atoms with E-state index in [9.17, 15) is 9.59 Å². The molecule has 1 radical (unpaired) electrons. The van der Waals surface area contributed by atoms with Crippen LogP contribution in [0.4, 0.5) is 10.5 Å². The van der Waals surface area contributed by atoms with E-state index >= 15 is 0 Å². The number of benzene rings is 2. The summed E-state index contributed by atoms with van der Waals surface area (Å²) < 4.78 is 1.81. The van der Waals surface area contributed by atoms with Crippen LogP contribution in [0.25, 0.3) is 10.9 Å². The first-order chi connectivity index (χ1) is 11.5. The summed E-state index contributed by atoms with van der Waals surface area (Å²) in [6, 6.07) is 12.2. The number of rotatable bonds is 2. The number of halogens is 2. The summed E-state index contributed by atoms with van der Waals surface area (Å²) in [7, 11) is 1.83.